The van der Waals surface area contributed by atoms with Gasteiger partial charge in [0.1, 0.15) is 11.6 Å². The Bertz CT molecular complexity index is 590. The molecule has 0 unspecified atom stereocenters. The van der Waals surface area contributed by atoms with E-state index in [1.54, 1.807) is 6.92 Å². The molecule has 0 saturated carbocycles. The summed E-state index contributed by atoms with van der Waals surface area (Å²) in [4.78, 5) is 11.8. The van der Waals surface area contributed by atoms with Crippen molar-refractivity contribution >= 4 is 11.5 Å². The summed E-state index contributed by atoms with van der Waals surface area (Å²) in [5.41, 5.74) is 4.31. The van der Waals surface area contributed by atoms with Crippen molar-refractivity contribution in [1.29, 1.82) is 0 Å². The fraction of sp³-hybridized carbons (Fsp3) is 0.0833. The van der Waals surface area contributed by atoms with E-state index in [9.17, 15) is 13.6 Å². The van der Waals surface area contributed by atoms with Gasteiger partial charge < -0.3 is 10.2 Å². The van der Waals surface area contributed by atoms with E-state index < -0.39 is 23.0 Å². The van der Waals surface area contributed by atoms with Crippen LogP contribution in [0.1, 0.15) is 21.9 Å². The van der Waals surface area contributed by atoms with Gasteiger partial charge in [-0.25, -0.2) is 8.78 Å². The molecule has 0 aliphatic heterocycles. The van der Waals surface area contributed by atoms with Gasteiger partial charge in [-0.2, -0.15) is 0 Å². The van der Waals surface area contributed by atoms with Gasteiger partial charge in [-0.3, -0.25) is 4.79 Å². The van der Waals surface area contributed by atoms with Crippen LogP contribution in [0, 0.1) is 18.6 Å². The highest BCUT2D eigenvalue weighted by Gasteiger charge is 2.23. The summed E-state index contributed by atoms with van der Waals surface area (Å²) in [6, 6.07) is 4.91. The lowest BCUT2D eigenvalue weighted by Crippen LogP contribution is -2.08. The Morgan fingerprint density at radius 1 is 1.24 bits per heavy atom. The average Bonchev–Trinajstić information content (AvgIpc) is 2.71. The van der Waals surface area contributed by atoms with Crippen LogP contribution in [0.4, 0.5) is 14.5 Å². The number of carbonyl (C=O) groups is 1. The third kappa shape index (κ3) is 1.91. The molecule has 1 heterocycles. The monoisotopic (exact) mass is 237 g/mol. The molecule has 88 valence electrons. The van der Waals surface area contributed by atoms with Crippen LogP contribution < -0.4 is 5.73 Å². The number of ketones is 1. The first-order chi connectivity index (χ1) is 8.00. The van der Waals surface area contributed by atoms with E-state index in [2.05, 4.69) is 0 Å². The maximum Gasteiger partial charge on any atom is 0.234 e. The lowest BCUT2D eigenvalue weighted by atomic mass is 10.1. The first-order valence-corrected chi connectivity index (χ1v) is 4.85. The molecule has 0 bridgehead atoms. The Hall–Kier alpha value is -2.17. The van der Waals surface area contributed by atoms with Gasteiger partial charge in [0.25, 0.3) is 0 Å². The number of nitrogens with two attached hydrogens (primary N) is 1. The molecule has 0 aliphatic rings. The van der Waals surface area contributed by atoms with Gasteiger partial charge in [0.15, 0.2) is 11.6 Å². The lowest BCUT2D eigenvalue weighted by molar-refractivity contribution is 0.1000. The van der Waals surface area contributed by atoms with E-state index in [-0.39, 0.29) is 11.4 Å². The van der Waals surface area contributed by atoms with Gasteiger partial charge in [-0.15, -0.1) is 0 Å². The van der Waals surface area contributed by atoms with Crippen LogP contribution in [0.5, 0.6) is 0 Å². The normalized spacial score (nSPS) is 10.5. The van der Waals surface area contributed by atoms with E-state index in [1.807, 2.05) is 0 Å². The minimum atomic E-state index is -1.07. The number of furan rings is 1. The molecule has 0 fully saturated rings. The number of rotatable bonds is 2. The van der Waals surface area contributed by atoms with Gasteiger partial charge >= 0.3 is 0 Å². The maximum atomic E-state index is 13.6. The molecule has 3 nitrogen and oxygen atoms in total. The zero-order valence-electron chi connectivity index (χ0n) is 8.96. The van der Waals surface area contributed by atoms with Crippen LogP contribution in [0.25, 0.3) is 0 Å². The van der Waals surface area contributed by atoms with Crippen molar-refractivity contribution in [3.8, 4) is 0 Å². The standard InChI is InChI=1S/C12H9F2NO2/c1-6-2-5-9(17-6)12(16)10-7(13)3-4-8(15)11(10)14/h2-5H,15H2,1H3. The number of hydrogen-bond acceptors (Lipinski definition) is 3. The van der Waals surface area contributed by atoms with Crippen LogP contribution in [0.3, 0.4) is 0 Å². The molecule has 0 radical (unpaired) electrons. The first kappa shape index (κ1) is 11.3. The Labute approximate surface area is 95.8 Å². The molecule has 0 saturated heterocycles. The molecule has 1 aromatic heterocycles. The fourth-order valence-electron chi connectivity index (χ4n) is 1.46. The van der Waals surface area contributed by atoms with Gasteiger partial charge in [-0.1, -0.05) is 0 Å². The Kier molecular flexibility index (Phi) is 2.67. The number of anilines is 1. The molecule has 2 N–H and O–H groups in total. The Morgan fingerprint density at radius 2 is 1.94 bits per heavy atom. The molecule has 0 amide bonds. The highest BCUT2D eigenvalue weighted by molar-refractivity contribution is 6.08. The summed E-state index contributed by atoms with van der Waals surface area (Å²) in [6.45, 7) is 1.63. The number of nitrogen functional groups attached to an aromatic ring is 1. The maximum absolute atomic E-state index is 13.6. The van der Waals surface area contributed by atoms with Crippen LogP contribution in [0.2, 0.25) is 0 Å². The molecule has 17 heavy (non-hydrogen) atoms. The Balaban J connectivity index is 2.54. The second kappa shape index (κ2) is 4.01. The molecule has 0 aliphatic carbocycles. The predicted octanol–water partition coefficient (Wildman–Crippen LogP) is 2.68. The number of hydrogen-bond donors (Lipinski definition) is 1. The minimum absolute atomic E-state index is 0.120. The predicted molar refractivity (Wildman–Crippen MR) is 57.6 cm³/mol. The molecular weight excluding hydrogens is 228 g/mol. The summed E-state index contributed by atoms with van der Waals surface area (Å²) in [6.07, 6.45) is 0. The highest BCUT2D eigenvalue weighted by atomic mass is 19.1. The van der Waals surface area contributed by atoms with Crippen molar-refractivity contribution in [2.24, 2.45) is 0 Å². The largest absolute Gasteiger partial charge is 0.458 e. The highest BCUT2D eigenvalue weighted by Crippen LogP contribution is 2.22. The van der Waals surface area contributed by atoms with Gasteiger partial charge in [0.2, 0.25) is 5.78 Å². The van der Waals surface area contributed by atoms with Crippen LogP contribution in [0.15, 0.2) is 28.7 Å². The van der Waals surface area contributed by atoms with Crippen LogP contribution in [-0.2, 0) is 0 Å². The summed E-state index contributed by atoms with van der Waals surface area (Å²) in [7, 11) is 0. The van der Waals surface area contributed by atoms with E-state index in [0.717, 1.165) is 12.1 Å². The first-order valence-electron chi connectivity index (χ1n) is 4.85. The van der Waals surface area contributed by atoms with Gasteiger partial charge in [-0.05, 0) is 31.2 Å². The van der Waals surface area contributed by atoms with E-state index in [4.69, 9.17) is 10.2 Å². The lowest BCUT2D eigenvalue weighted by Gasteiger charge is -2.04. The molecule has 0 spiro atoms. The van der Waals surface area contributed by atoms with Crippen molar-refractivity contribution in [3.05, 3.63) is 53.0 Å². The minimum Gasteiger partial charge on any atom is -0.458 e. The summed E-state index contributed by atoms with van der Waals surface area (Å²) in [5.74, 6) is -2.52. The average molecular weight is 237 g/mol. The second-order valence-corrected chi connectivity index (χ2v) is 3.57. The van der Waals surface area contributed by atoms with Crippen molar-refractivity contribution in [2.75, 3.05) is 5.73 Å². The second-order valence-electron chi connectivity index (χ2n) is 3.57. The molecule has 2 rings (SSSR count). The third-order valence-electron chi connectivity index (χ3n) is 2.31. The van der Waals surface area contributed by atoms with Gasteiger partial charge in [0.05, 0.1) is 11.3 Å². The third-order valence-corrected chi connectivity index (χ3v) is 2.31. The summed E-state index contributed by atoms with van der Waals surface area (Å²) < 4.78 is 32.0. The number of halogens is 2. The van der Waals surface area contributed by atoms with Gasteiger partial charge in [0, 0.05) is 0 Å². The molecule has 2 aromatic rings. The zero-order valence-corrected chi connectivity index (χ0v) is 8.96. The summed E-state index contributed by atoms with van der Waals surface area (Å²) >= 11 is 0. The van der Waals surface area contributed by atoms with Crippen molar-refractivity contribution < 1.29 is 18.0 Å². The Morgan fingerprint density at radius 3 is 2.53 bits per heavy atom. The van der Waals surface area contributed by atoms with E-state index in [1.165, 1.54) is 12.1 Å². The number of aryl methyl sites for hydroxylation is 1. The number of carbonyl (C=O) groups excluding carboxylic acids is 1. The van der Waals surface area contributed by atoms with Crippen LogP contribution >= 0.6 is 0 Å². The van der Waals surface area contributed by atoms with Crippen molar-refractivity contribution in [3.63, 3.8) is 0 Å². The smallest absolute Gasteiger partial charge is 0.234 e. The fourth-order valence-corrected chi connectivity index (χ4v) is 1.46. The summed E-state index contributed by atoms with van der Waals surface area (Å²) in [5, 5.41) is 0. The molecule has 5 heteroatoms. The SMILES string of the molecule is Cc1ccc(C(=O)c2c(F)ccc(N)c2F)o1. The molecular formula is C12H9F2NO2. The van der Waals surface area contributed by atoms with Crippen molar-refractivity contribution in [2.45, 2.75) is 6.92 Å². The van der Waals surface area contributed by atoms with E-state index >= 15 is 0 Å². The van der Waals surface area contributed by atoms with E-state index in [0.29, 0.717) is 5.76 Å². The molecule has 1 aromatic carbocycles. The van der Waals surface area contributed by atoms with Crippen molar-refractivity contribution in [1.82, 2.24) is 0 Å². The van der Waals surface area contributed by atoms with Crippen LogP contribution in [-0.4, -0.2) is 5.78 Å². The topological polar surface area (TPSA) is 56.2 Å². The quantitative estimate of drug-likeness (QED) is 0.645. The molecule has 0 atom stereocenters. The number of benzene rings is 1. The zero-order chi connectivity index (χ0) is 12.6.